The molecule has 0 N–H and O–H groups in total. The minimum absolute atomic E-state index is 0.0699. The molecule has 0 bridgehead atoms. The number of benzene rings is 3. The number of carbonyl (C=O) groups is 1. The number of nitrogens with zero attached hydrogens (tertiary/aromatic N) is 3. The van der Waals surface area contributed by atoms with Crippen LogP contribution >= 0.6 is 11.8 Å². The second kappa shape index (κ2) is 8.45. The quantitative estimate of drug-likeness (QED) is 0.413. The first kappa shape index (κ1) is 19.1. The molecule has 0 radical (unpaired) electrons. The van der Waals surface area contributed by atoms with Gasteiger partial charge < -0.3 is 9.32 Å². The third-order valence-electron chi connectivity index (χ3n) is 4.50. The topological polar surface area (TPSA) is 59.2 Å². The maximum Gasteiger partial charge on any atom is 0.277 e. The molecule has 29 heavy (non-hydrogen) atoms. The van der Waals surface area contributed by atoms with E-state index in [1.807, 2.05) is 49.4 Å². The van der Waals surface area contributed by atoms with Gasteiger partial charge in [-0.05, 0) is 30.5 Å². The second-order valence-corrected chi connectivity index (χ2v) is 7.20. The number of rotatable bonds is 6. The van der Waals surface area contributed by atoms with Gasteiger partial charge in [-0.1, -0.05) is 60.3 Å². The van der Waals surface area contributed by atoms with Crippen LogP contribution < -0.4 is 4.90 Å². The van der Waals surface area contributed by atoms with Crippen molar-refractivity contribution in [2.24, 2.45) is 0 Å². The molecule has 0 aliphatic heterocycles. The molecule has 0 saturated heterocycles. The number of carbonyl (C=O) groups excluding carboxylic acids is 1. The average Bonchev–Trinajstić information content (AvgIpc) is 3.22. The number of amides is 1. The highest BCUT2D eigenvalue weighted by atomic mass is 32.2. The highest BCUT2D eigenvalue weighted by Gasteiger charge is 2.19. The lowest BCUT2D eigenvalue weighted by atomic mass is 10.1. The Morgan fingerprint density at radius 2 is 1.79 bits per heavy atom. The SMILES string of the molecule is CCN(C(=O)CSc1nnc(-c2ccccc2F)o1)c1cccc2ccccc12. The molecule has 7 heteroatoms. The number of thioether (sulfide) groups is 1. The van der Waals surface area contributed by atoms with Crippen LogP contribution in [0.15, 0.2) is 76.4 Å². The molecule has 3 aromatic carbocycles. The molecule has 0 atom stereocenters. The zero-order valence-electron chi connectivity index (χ0n) is 15.7. The smallest absolute Gasteiger partial charge is 0.277 e. The summed E-state index contributed by atoms with van der Waals surface area (Å²) in [4.78, 5) is 14.6. The molecule has 0 saturated carbocycles. The van der Waals surface area contributed by atoms with Crippen LogP contribution in [0, 0.1) is 5.82 Å². The van der Waals surface area contributed by atoms with Crippen LogP contribution in [0.3, 0.4) is 0 Å². The van der Waals surface area contributed by atoms with E-state index in [1.165, 1.54) is 6.07 Å². The Kier molecular flexibility index (Phi) is 5.57. The van der Waals surface area contributed by atoms with Crippen LogP contribution in [-0.4, -0.2) is 28.4 Å². The van der Waals surface area contributed by atoms with Gasteiger partial charge in [0, 0.05) is 11.9 Å². The molecule has 0 spiro atoms. The maximum absolute atomic E-state index is 13.9. The third kappa shape index (κ3) is 4.00. The first-order chi connectivity index (χ1) is 14.2. The average molecular weight is 407 g/mol. The standard InChI is InChI=1S/C22H18FN3O2S/c1-2-26(19-13-7-9-15-8-3-4-10-16(15)19)20(27)14-29-22-25-24-21(28-22)17-11-5-6-12-18(17)23/h3-13H,2,14H2,1H3. The van der Waals surface area contributed by atoms with Crippen molar-refractivity contribution in [3.63, 3.8) is 0 Å². The number of halogens is 1. The van der Waals surface area contributed by atoms with E-state index < -0.39 is 5.82 Å². The van der Waals surface area contributed by atoms with Gasteiger partial charge in [0.2, 0.25) is 5.91 Å². The van der Waals surface area contributed by atoms with Crippen molar-refractivity contribution in [3.8, 4) is 11.5 Å². The minimum Gasteiger partial charge on any atom is -0.411 e. The molecule has 4 rings (SSSR count). The van der Waals surface area contributed by atoms with E-state index in [-0.39, 0.29) is 28.3 Å². The Bertz CT molecular complexity index is 1160. The van der Waals surface area contributed by atoms with Gasteiger partial charge in [0.15, 0.2) is 0 Å². The first-order valence-corrected chi connectivity index (χ1v) is 10.1. The molecule has 1 amide bonds. The van der Waals surface area contributed by atoms with Gasteiger partial charge >= 0.3 is 0 Å². The molecule has 0 aliphatic rings. The molecule has 0 unspecified atom stereocenters. The summed E-state index contributed by atoms with van der Waals surface area (Å²) < 4.78 is 19.4. The van der Waals surface area contributed by atoms with Crippen molar-refractivity contribution >= 4 is 34.1 Å². The molecular weight excluding hydrogens is 389 g/mol. The number of hydrogen-bond acceptors (Lipinski definition) is 5. The fourth-order valence-electron chi connectivity index (χ4n) is 3.14. The van der Waals surface area contributed by atoms with E-state index in [0.717, 1.165) is 28.2 Å². The van der Waals surface area contributed by atoms with Crippen LogP contribution in [0.4, 0.5) is 10.1 Å². The van der Waals surface area contributed by atoms with E-state index in [9.17, 15) is 9.18 Å². The van der Waals surface area contributed by atoms with Crippen molar-refractivity contribution in [2.75, 3.05) is 17.2 Å². The van der Waals surface area contributed by atoms with Gasteiger partial charge in [-0.25, -0.2) is 4.39 Å². The first-order valence-electron chi connectivity index (χ1n) is 9.16. The fourth-order valence-corrected chi connectivity index (χ4v) is 3.78. The lowest BCUT2D eigenvalue weighted by Gasteiger charge is -2.22. The summed E-state index contributed by atoms with van der Waals surface area (Å²) in [5.41, 5.74) is 1.11. The number of hydrogen-bond donors (Lipinski definition) is 0. The Morgan fingerprint density at radius 3 is 2.62 bits per heavy atom. The summed E-state index contributed by atoms with van der Waals surface area (Å²) in [5, 5.41) is 10.1. The molecule has 0 aliphatic carbocycles. The van der Waals surface area contributed by atoms with Gasteiger partial charge in [0.05, 0.1) is 17.0 Å². The van der Waals surface area contributed by atoms with Crippen molar-refractivity contribution in [1.29, 1.82) is 0 Å². The predicted octanol–water partition coefficient (Wildman–Crippen LogP) is 5.17. The van der Waals surface area contributed by atoms with Gasteiger partial charge in [-0.3, -0.25) is 4.79 Å². The summed E-state index contributed by atoms with van der Waals surface area (Å²) in [6.45, 7) is 2.48. The van der Waals surface area contributed by atoms with Crippen molar-refractivity contribution in [3.05, 3.63) is 72.5 Å². The van der Waals surface area contributed by atoms with E-state index in [1.54, 1.807) is 23.1 Å². The number of fused-ring (bicyclic) bond motifs is 1. The lowest BCUT2D eigenvalue weighted by Crippen LogP contribution is -2.32. The maximum atomic E-state index is 13.9. The highest BCUT2D eigenvalue weighted by molar-refractivity contribution is 7.99. The van der Waals surface area contributed by atoms with Crippen LogP contribution in [0.2, 0.25) is 0 Å². The number of anilines is 1. The molecule has 4 aromatic rings. The summed E-state index contributed by atoms with van der Waals surface area (Å²) in [7, 11) is 0. The monoisotopic (exact) mass is 407 g/mol. The number of aromatic nitrogens is 2. The Labute approximate surface area is 171 Å². The van der Waals surface area contributed by atoms with Crippen LogP contribution in [0.1, 0.15) is 6.92 Å². The Balaban J connectivity index is 1.50. The van der Waals surface area contributed by atoms with E-state index in [0.29, 0.717) is 6.54 Å². The summed E-state index contributed by atoms with van der Waals surface area (Å²) in [6, 6.07) is 20.1. The Morgan fingerprint density at radius 1 is 1.03 bits per heavy atom. The second-order valence-electron chi connectivity index (χ2n) is 6.28. The Hall–Kier alpha value is -3.19. The summed E-state index contributed by atoms with van der Waals surface area (Å²) >= 11 is 1.14. The fraction of sp³-hybridized carbons (Fsp3) is 0.136. The van der Waals surface area contributed by atoms with Gasteiger partial charge in [0.1, 0.15) is 5.82 Å². The largest absolute Gasteiger partial charge is 0.411 e. The van der Waals surface area contributed by atoms with Gasteiger partial charge in [0.25, 0.3) is 11.1 Å². The third-order valence-corrected chi connectivity index (χ3v) is 5.31. The normalized spacial score (nSPS) is 11.0. The molecule has 0 fully saturated rings. The van der Waals surface area contributed by atoms with E-state index in [4.69, 9.17) is 4.42 Å². The highest BCUT2D eigenvalue weighted by Crippen LogP contribution is 2.29. The predicted molar refractivity (Wildman–Crippen MR) is 112 cm³/mol. The van der Waals surface area contributed by atoms with E-state index in [2.05, 4.69) is 10.2 Å². The van der Waals surface area contributed by atoms with Crippen LogP contribution in [0.5, 0.6) is 0 Å². The van der Waals surface area contributed by atoms with Crippen LogP contribution in [-0.2, 0) is 4.79 Å². The van der Waals surface area contributed by atoms with E-state index >= 15 is 0 Å². The molecule has 1 aromatic heterocycles. The minimum atomic E-state index is -0.433. The molecule has 1 heterocycles. The van der Waals surface area contributed by atoms with Gasteiger partial charge in [-0.2, -0.15) is 0 Å². The summed E-state index contributed by atoms with van der Waals surface area (Å²) in [6.07, 6.45) is 0. The van der Waals surface area contributed by atoms with Crippen LogP contribution in [0.25, 0.3) is 22.2 Å². The molecular formula is C22H18FN3O2S. The molecule has 146 valence electrons. The zero-order valence-corrected chi connectivity index (χ0v) is 16.5. The molecule has 5 nitrogen and oxygen atoms in total. The lowest BCUT2D eigenvalue weighted by molar-refractivity contribution is -0.116. The zero-order chi connectivity index (χ0) is 20.2. The van der Waals surface area contributed by atoms with Gasteiger partial charge in [-0.15, -0.1) is 10.2 Å². The summed E-state index contributed by atoms with van der Waals surface area (Å²) in [5.74, 6) is -0.272. The van der Waals surface area contributed by atoms with Crippen molar-refractivity contribution in [2.45, 2.75) is 12.1 Å². The van der Waals surface area contributed by atoms with Crippen molar-refractivity contribution < 1.29 is 13.6 Å². The van der Waals surface area contributed by atoms with Crippen molar-refractivity contribution in [1.82, 2.24) is 10.2 Å².